The minimum absolute atomic E-state index is 0.939. The van der Waals surface area contributed by atoms with Crippen molar-refractivity contribution in [1.29, 1.82) is 0 Å². The van der Waals surface area contributed by atoms with Crippen molar-refractivity contribution in [3.05, 3.63) is 28.2 Å². The third-order valence-corrected chi connectivity index (χ3v) is 3.20. The fraction of sp³-hybridized carbons (Fsp3) is 0.300. The lowest BCUT2D eigenvalue weighted by Gasteiger charge is -2.31. The average molecular weight is 327 g/mol. The van der Waals surface area contributed by atoms with Gasteiger partial charge in [-0.15, -0.1) is 5.10 Å². The minimum atomic E-state index is 0.939. The molecule has 0 bridgehead atoms. The molecule has 0 N–H and O–H groups in total. The van der Waals surface area contributed by atoms with Crippen LogP contribution in [0.25, 0.3) is 5.69 Å². The van der Waals surface area contributed by atoms with Crippen molar-refractivity contribution in [2.75, 3.05) is 18.0 Å². The largest absolute Gasteiger partial charge is 0.355 e. The van der Waals surface area contributed by atoms with Crippen LogP contribution in [0.5, 0.6) is 0 Å². The van der Waals surface area contributed by atoms with Gasteiger partial charge in [0.1, 0.15) is 3.70 Å². The molecule has 0 aliphatic carbocycles. The van der Waals surface area contributed by atoms with Gasteiger partial charge < -0.3 is 4.90 Å². The zero-order valence-electron chi connectivity index (χ0n) is 8.54. The van der Waals surface area contributed by atoms with Crippen molar-refractivity contribution in [3.63, 3.8) is 0 Å². The zero-order chi connectivity index (χ0) is 11.0. The van der Waals surface area contributed by atoms with Crippen LogP contribution in [0.2, 0.25) is 0 Å². The fourth-order valence-electron chi connectivity index (χ4n) is 1.62. The van der Waals surface area contributed by atoms with Gasteiger partial charge >= 0.3 is 0 Å². The maximum atomic E-state index is 4.34. The molecule has 0 unspecified atom stereocenters. The summed E-state index contributed by atoms with van der Waals surface area (Å²) in [7, 11) is 0. The first kappa shape index (κ1) is 10.0. The van der Waals surface area contributed by atoms with Gasteiger partial charge in [0.2, 0.25) is 0 Å². The molecule has 0 saturated carbocycles. The third kappa shape index (κ3) is 1.77. The summed E-state index contributed by atoms with van der Waals surface area (Å²) in [6.45, 7) is 2.16. The van der Waals surface area contributed by atoms with Crippen LogP contribution in [0.1, 0.15) is 6.42 Å². The molecule has 0 spiro atoms. The number of hydrogen-bond donors (Lipinski definition) is 0. The normalized spacial score (nSPS) is 14.9. The van der Waals surface area contributed by atoms with Gasteiger partial charge in [-0.2, -0.15) is 10.2 Å². The number of aromatic nitrogens is 4. The SMILES string of the molecule is Ic1ccn(-c2cnnc(N3CCC3)c2)n1. The Kier molecular flexibility index (Phi) is 2.50. The van der Waals surface area contributed by atoms with E-state index < -0.39 is 0 Å². The topological polar surface area (TPSA) is 46.8 Å². The Morgan fingerprint density at radius 3 is 2.81 bits per heavy atom. The van der Waals surface area contributed by atoms with Crippen LogP contribution in [0.3, 0.4) is 0 Å². The van der Waals surface area contributed by atoms with Crippen molar-refractivity contribution < 1.29 is 0 Å². The average Bonchev–Trinajstić information content (AvgIpc) is 2.63. The fourth-order valence-corrected chi connectivity index (χ4v) is 2.01. The molecule has 5 nitrogen and oxygen atoms in total. The Morgan fingerprint density at radius 1 is 1.31 bits per heavy atom. The molecule has 2 aromatic rings. The van der Waals surface area contributed by atoms with E-state index in [1.54, 1.807) is 6.20 Å². The van der Waals surface area contributed by atoms with Crippen molar-refractivity contribution in [1.82, 2.24) is 20.0 Å². The van der Waals surface area contributed by atoms with Crippen LogP contribution in [0, 0.1) is 3.70 Å². The van der Waals surface area contributed by atoms with E-state index in [1.807, 2.05) is 23.0 Å². The van der Waals surface area contributed by atoms with E-state index in [4.69, 9.17) is 0 Å². The molecule has 0 amide bonds. The summed E-state index contributed by atoms with van der Waals surface area (Å²) in [4.78, 5) is 2.21. The lowest BCUT2D eigenvalue weighted by atomic mass is 10.2. The lowest BCUT2D eigenvalue weighted by Crippen LogP contribution is -2.37. The lowest BCUT2D eigenvalue weighted by molar-refractivity contribution is 0.604. The highest BCUT2D eigenvalue weighted by molar-refractivity contribution is 14.1. The summed E-state index contributed by atoms with van der Waals surface area (Å²) in [5.41, 5.74) is 0.958. The minimum Gasteiger partial charge on any atom is -0.355 e. The van der Waals surface area contributed by atoms with Crippen LogP contribution in [-0.2, 0) is 0 Å². The number of rotatable bonds is 2. The Labute approximate surface area is 107 Å². The number of anilines is 1. The Bertz CT molecular complexity index is 505. The summed E-state index contributed by atoms with van der Waals surface area (Å²) in [6.07, 6.45) is 4.90. The molecule has 3 rings (SSSR count). The van der Waals surface area contributed by atoms with Crippen molar-refractivity contribution in [2.24, 2.45) is 0 Å². The van der Waals surface area contributed by atoms with Gasteiger partial charge in [-0.25, -0.2) is 4.68 Å². The van der Waals surface area contributed by atoms with Gasteiger partial charge in [-0.05, 0) is 35.1 Å². The molecule has 2 aromatic heterocycles. The molecule has 0 atom stereocenters. The summed E-state index contributed by atoms with van der Waals surface area (Å²) in [5, 5.41) is 12.5. The predicted octanol–water partition coefficient (Wildman–Crippen LogP) is 1.48. The second kappa shape index (κ2) is 4.00. The molecular weight excluding hydrogens is 317 g/mol. The third-order valence-electron chi connectivity index (χ3n) is 2.63. The van der Waals surface area contributed by atoms with Crippen LogP contribution < -0.4 is 4.90 Å². The van der Waals surface area contributed by atoms with E-state index >= 15 is 0 Å². The Hall–Kier alpha value is -1.18. The summed E-state index contributed by atoms with van der Waals surface area (Å²) in [6, 6.07) is 3.99. The number of nitrogens with zero attached hydrogens (tertiary/aromatic N) is 5. The second-order valence-corrected chi connectivity index (χ2v) is 4.80. The van der Waals surface area contributed by atoms with Gasteiger partial charge in [-0.1, -0.05) is 0 Å². The molecule has 0 radical (unpaired) electrons. The Balaban J connectivity index is 1.95. The molecule has 1 aliphatic rings. The molecule has 6 heteroatoms. The molecule has 82 valence electrons. The predicted molar refractivity (Wildman–Crippen MR) is 68.7 cm³/mol. The highest BCUT2D eigenvalue weighted by atomic mass is 127. The molecule has 1 fully saturated rings. The summed E-state index contributed by atoms with van der Waals surface area (Å²) in [5.74, 6) is 0.939. The van der Waals surface area contributed by atoms with Gasteiger partial charge in [0, 0.05) is 25.4 Å². The zero-order valence-corrected chi connectivity index (χ0v) is 10.7. The first-order valence-electron chi connectivity index (χ1n) is 5.12. The second-order valence-electron chi connectivity index (χ2n) is 3.70. The van der Waals surface area contributed by atoms with Crippen LogP contribution in [0.15, 0.2) is 24.5 Å². The maximum Gasteiger partial charge on any atom is 0.153 e. The van der Waals surface area contributed by atoms with Crippen molar-refractivity contribution in [2.45, 2.75) is 6.42 Å². The molecule has 1 aliphatic heterocycles. The number of halogens is 1. The summed E-state index contributed by atoms with van der Waals surface area (Å²) < 4.78 is 2.79. The smallest absolute Gasteiger partial charge is 0.153 e. The molecule has 3 heterocycles. The van der Waals surface area contributed by atoms with Gasteiger partial charge in [0.05, 0.1) is 11.9 Å². The van der Waals surface area contributed by atoms with E-state index in [9.17, 15) is 0 Å². The first-order valence-corrected chi connectivity index (χ1v) is 6.20. The van der Waals surface area contributed by atoms with Crippen molar-refractivity contribution in [3.8, 4) is 5.69 Å². The van der Waals surface area contributed by atoms with E-state index in [-0.39, 0.29) is 0 Å². The van der Waals surface area contributed by atoms with Crippen LogP contribution in [-0.4, -0.2) is 33.1 Å². The summed E-state index contributed by atoms with van der Waals surface area (Å²) >= 11 is 2.19. The molecule has 0 aromatic carbocycles. The molecule has 16 heavy (non-hydrogen) atoms. The van der Waals surface area contributed by atoms with Gasteiger partial charge in [0.25, 0.3) is 0 Å². The van der Waals surface area contributed by atoms with E-state index in [1.165, 1.54) is 6.42 Å². The van der Waals surface area contributed by atoms with Gasteiger partial charge in [-0.3, -0.25) is 0 Å². The van der Waals surface area contributed by atoms with Crippen LogP contribution in [0.4, 0.5) is 5.82 Å². The molecular formula is C10H10IN5. The standard InChI is InChI=1S/C10H10IN5/c11-9-2-5-16(14-9)8-6-10(13-12-7-8)15-3-1-4-15/h2,5-7H,1,3-4H2. The quantitative estimate of drug-likeness (QED) is 0.784. The maximum absolute atomic E-state index is 4.34. The first-order chi connectivity index (χ1) is 7.83. The van der Waals surface area contributed by atoms with Gasteiger partial charge in [0.15, 0.2) is 5.82 Å². The van der Waals surface area contributed by atoms with E-state index in [2.05, 4.69) is 42.8 Å². The highest BCUT2D eigenvalue weighted by Gasteiger charge is 2.16. The van der Waals surface area contributed by atoms with Crippen LogP contribution >= 0.6 is 22.6 Å². The highest BCUT2D eigenvalue weighted by Crippen LogP contribution is 2.19. The molecule has 1 saturated heterocycles. The van der Waals surface area contributed by atoms with Crippen molar-refractivity contribution >= 4 is 28.4 Å². The number of hydrogen-bond acceptors (Lipinski definition) is 4. The van der Waals surface area contributed by atoms with E-state index in [0.717, 1.165) is 28.3 Å². The van der Waals surface area contributed by atoms with E-state index in [0.29, 0.717) is 0 Å². The monoisotopic (exact) mass is 327 g/mol. The Morgan fingerprint density at radius 2 is 2.19 bits per heavy atom.